The van der Waals surface area contributed by atoms with Crippen LogP contribution in [0.5, 0.6) is 0 Å². The zero-order chi connectivity index (χ0) is 17.1. The number of carboxylic acid groups (broad SMARTS) is 1. The number of aliphatic carboxylic acids is 1. The number of H-pyrrole nitrogens is 1. The Bertz CT molecular complexity index is 726. The number of carboxylic acids is 1. The van der Waals surface area contributed by atoms with Crippen LogP contribution in [-0.2, 0) is 16.0 Å². The van der Waals surface area contributed by atoms with Crippen LogP contribution in [0.4, 0.5) is 0 Å². The molecule has 1 aliphatic carbocycles. The molecule has 24 heavy (non-hydrogen) atoms. The number of carbonyl (C=O) groups is 2. The summed E-state index contributed by atoms with van der Waals surface area (Å²) in [7, 11) is 1.74. The highest BCUT2D eigenvalue weighted by molar-refractivity contribution is 5.89. The first kappa shape index (κ1) is 16.2. The molecule has 2 N–H and O–H groups in total. The monoisotopic (exact) mass is 327 g/mol. The van der Waals surface area contributed by atoms with Crippen molar-refractivity contribution >= 4 is 11.9 Å². The lowest BCUT2D eigenvalue weighted by atomic mass is 10.1. The molecule has 2 unspecified atom stereocenters. The summed E-state index contributed by atoms with van der Waals surface area (Å²) in [5, 5.41) is 16.2. The molecule has 2 aromatic rings. The minimum absolute atomic E-state index is 0.0583. The number of aromatic nitrogens is 2. The van der Waals surface area contributed by atoms with Crippen LogP contribution in [0.1, 0.15) is 18.5 Å². The van der Waals surface area contributed by atoms with Crippen molar-refractivity contribution in [2.75, 3.05) is 13.6 Å². The highest BCUT2D eigenvalue weighted by Gasteiger charge is 2.49. The summed E-state index contributed by atoms with van der Waals surface area (Å²) in [6.07, 6.45) is 2.08. The van der Waals surface area contributed by atoms with Gasteiger partial charge in [-0.2, -0.15) is 5.10 Å². The van der Waals surface area contributed by atoms with Gasteiger partial charge in [0.25, 0.3) is 0 Å². The Kier molecular flexibility index (Phi) is 4.64. The number of benzene rings is 1. The van der Waals surface area contributed by atoms with E-state index in [1.54, 1.807) is 11.9 Å². The van der Waals surface area contributed by atoms with Crippen LogP contribution < -0.4 is 0 Å². The molecule has 1 aromatic heterocycles. The SMILES string of the molecule is CN(CCCc1cc(-c2ccccc2)n[nH]1)C(=O)C1CC1C(=O)O. The summed E-state index contributed by atoms with van der Waals surface area (Å²) >= 11 is 0. The first-order valence-corrected chi connectivity index (χ1v) is 8.13. The molecule has 0 bridgehead atoms. The van der Waals surface area contributed by atoms with Crippen LogP contribution >= 0.6 is 0 Å². The van der Waals surface area contributed by atoms with E-state index in [-0.39, 0.29) is 11.8 Å². The normalized spacial score (nSPS) is 19.0. The average Bonchev–Trinajstić information content (AvgIpc) is 3.26. The van der Waals surface area contributed by atoms with E-state index < -0.39 is 11.9 Å². The zero-order valence-electron chi connectivity index (χ0n) is 13.6. The number of hydrogen-bond donors (Lipinski definition) is 2. The van der Waals surface area contributed by atoms with Gasteiger partial charge in [0.2, 0.25) is 5.91 Å². The van der Waals surface area contributed by atoms with Crippen molar-refractivity contribution in [1.82, 2.24) is 15.1 Å². The van der Waals surface area contributed by atoms with Crippen molar-refractivity contribution < 1.29 is 14.7 Å². The number of carbonyl (C=O) groups excluding carboxylic acids is 1. The first-order chi connectivity index (χ1) is 11.6. The van der Waals surface area contributed by atoms with Crippen molar-refractivity contribution in [2.24, 2.45) is 11.8 Å². The van der Waals surface area contributed by atoms with E-state index in [1.165, 1.54) is 0 Å². The van der Waals surface area contributed by atoms with Gasteiger partial charge in [-0.15, -0.1) is 0 Å². The van der Waals surface area contributed by atoms with Crippen LogP contribution in [0.25, 0.3) is 11.3 Å². The largest absolute Gasteiger partial charge is 0.481 e. The minimum atomic E-state index is -0.868. The molecule has 1 aliphatic rings. The van der Waals surface area contributed by atoms with Crippen LogP contribution in [-0.4, -0.2) is 45.7 Å². The number of hydrogen-bond acceptors (Lipinski definition) is 3. The lowest BCUT2D eigenvalue weighted by molar-refractivity contribution is -0.141. The number of aryl methyl sites for hydroxylation is 1. The Hall–Kier alpha value is -2.63. The van der Waals surface area contributed by atoms with Crippen LogP contribution in [0, 0.1) is 11.8 Å². The number of aromatic amines is 1. The van der Waals surface area contributed by atoms with E-state index in [2.05, 4.69) is 10.2 Å². The fourth-order valence-corrected chi connectivity index (χ4v) is 2.89. The lowest BCUT2D eigenvalue weighted by Crippen LogP contribution is -2.30. The van der Waals surface area contributed by atoms with Gasteiger partial charge < -0.3 is 10.0 Å². The lowest BCUT2D eigenvalue weighted by Gasteiger charge is -2.16. The second-order valence-electron chi connectivity index (χ2n) is 6.29. The summed E-state index contributed by atoms with van der Waals surface area (Å²) in [5.41, 5.74) is 3.02. The van der Waals surface area contributed by atoms with Crippen molar-refractivity contribution in [1.29, 1.82) is 0 Å². The van der Waals surface area contributed by atoms with Gasteiger partial charge in [0.15, 0.2) is 0 Å². The molecular weight excluding hydrogens is 306 g/mol. The third-order valence-corrected chi connectivity index (χ3v) is 4.44. The van der Waals surface area contributed by atoms with E-state index in [4.69, 9.17) is 5.11 Å². The van der Waals surface area contributed by atoms with Gasteiger partial charge in [-0.05, 0) is 25.3 Å². The molecule has 0 spiro atoms. The van der Waals surface area contributed by atoms with E-state index in [0.29, 0.717) is 13.0 Å². The number of rotatable bonds is 7. The minimum Gasteiger partial charge on any atom is -0.481 e. The van der Waals surface area contributed by atoms with Gasteiger partial charge in [-0.3, -0.25) is 14.7 Å². The smallest absolute Gasteiger partial charge is 0.307 e. The molecule has 126 valence electrons. The second-order valence-corrected chi connectivity index (χ2v) is 6.29. The van der Waals surface area contributed by atoms with E-state index >= 15 is 0 Å². The molecule has 2 atom stereocenters. The van der Waals surface area contributed by atoms with Crippen molar-refractivity contribution in [3.8, 4) is 11.3 Å². The van der Waals surface area contributed by atoms with E-state index in [9.17, 15) is 9.59 Å². The summed E-state index contributed by atoms with van der Waals surface area (Å²) in [4.78, 5) is 24.6. The summed E-state index contributed by atoms with van der Waals surface area (Å²) in [5.74, 6) is -1.74. The molecule has 1 saturated carbocycles. The summed E-state index contributed by atoms with van der Waals surface area (Å²) in [6.45, 7) is 0.612. The molecule has 1 heterocycles. The van der Waals surface area contributed by atoms with Gasteiger partial charge in [-0.25, -0.2) is 0 Å². The topological polar surface area (TPSA) is 86.3 Å². The zero-order valence-corrected chi connectivity index (χ0v) is 13.6. The quantitative estimate of drug-likeness (QED) is 0.816. The summed E-state index contributed by atoms with van der Waals surface area (Å²) < 4.78 is 0. The summed E-state index contributed by atoms with van der Waals surface area (Å²) in [6, 6.07) is 12.0. The molecule has 0 aliphatic heterocycles. The molecule has 1 aromatic carbocycles. The number of amides is 1. The van der Waals surface area contributed by atoms with Gasteiger partial charge in [-0.1, -0.05) is 30.3 Å². The number of nitrogens with zero attached hydrogens (tertiary/aromatic N) is 2. The Morgan fingerprint density at radius 2 is 2.04 bits per heavy atom. The van der Waals surface area contributed by atoms with Crippen molar-refractivity contribution in [3.63, 3.8) is 0 Å². The molecule has 1 fully saturated rings. The van der Waals surface area contributed by atoms with E-state index in [1.807, 2.05) is 36.4 Å². The third-order valence-electron chi connectivity index (χ3n) is 4.44. The average molecular weight is 327 g/mol. The van der Waals surface area contributed by atoms with Gasteiger partial charge in [0.05, 0.1) is 17.5 Å². The molecule has 6 nitrogen and oxygen atoms in total. The maximum atomic E-state index is 12.1. The fraction of sp³-hybridized carbons (Fsp3) is 0.389. The molecule has 6 heteroatoms. The van der Waals surface area contributed by atoms with Gasteiger partial charge in [0, 0.05) is 24.8 Å². The molecule has 3 rings (SSSR count). The Morgan fingerprint density at radius 1 is 1.29 bits per heavy atom. The highest BCUT2D eigenvalue weighted by Crippen LogP contribution is 2.39. The van der Waals surface area contributed by atoms with Crippen LogP contribution in [0.2, 0.25) is 0 Å². The van der Waals surface area contributed by atoms with Crippen LogP contribution in [0.3, 0.4) is 0 Å². The predicted octanol–water partition coefficient (Wildman–Crippen LogP) is 2.19. The Morgan fingerprint density at radius 3 is 2.71 bits per heavy atom. The van der Waals surface area contributed by atoms with Crippen LogP contribution in [0.15, 0.2) is 36.4 Å². The van der Waals surface area contributed by atoms with E-state index in [0.717, 1.165) is 29.8 Å². The Labute approximate surface area is 140 Å². The van der Waals surface area contributed by atoms with Gasteiger partial charge in [0.1, 0.15) is 0 Å². The first-order valence-electron chi connectivity index (χ1n) is 8.13. The number of nitrogens with one attached hydrogen (secondary N) is 1. The maximum absolute atomic E-state index is 12.1. The standard InChI is InChI=1S/C18H21N3O3/c1-21(17(22)14-11-15(14)18(23)24)9-5-8-13-10-16(20-19-13)12-6-3-2-4-7-12/h2-4,6-7,10,14-15H,5,8-9,11H2,1H3,(H,19,20)(H,23,24). The molecule has 1 amide bonds. The fourth-order valence-electron chi connectivity index (χ4n) is 2.89. The van der Waals surface area contributed by atoms with Crippen molar-refractivity contribution in [2.45, 2.75) is 19.3 Å². The molecule has 0 radical (unpaired) electrons. The van der Waals surface area contributed by atoms with Crippen molar-refractivity contribution in [3.05, 3.63) is 42.1 Å². The third kappa shape index (κ3) is 3.64. The predicted molar refractivity (Wildman–Crippen MR) is 89.2 cm³/mol. The maximum Gasteiger partial charge on any atom is 0.307 e. The second kappa shape index (κ2) is 6.86. The molecular formula is C18H21N3O3. The van der Waals surface area contributed by atoms with Gasteiger partial charge >= 0.3 is 5.97 Å². The highest BCUT2D eigenvalue weighted by atomic mass is 16.4. The Balaban J connectivity index is 1.46. The molecule has 0 saturated heterocycles.